The highest BCUT2D eigenvalue weighted by atomic mass is 16.5. The van der Waals surface area contributed by atoms with E-state index >= 15 is 0 Å². The lowest BCUT2D eigenvalue weighted by Gasteiger charge is -2.16. The second kappa shape index (κ2) is 5.83. The number of carbonyl (C=O) groups is 1. The Hall–Kier alpha value is -2.30. The zero-order valence-corrected chi connectivity index (χ0v) is 13.7. The van der Waals surface area contributed by atoms with Gasteiger partial charge in [0.25, 0.3) is 0 Å². The molecule has 1 N–H and O–H groups in total. The normalized spacial score (nSPS) is 11.5. The molecule has 5 nitrogen and oxygen atoms in total. The average Bonchev–Trinajstić information content (AvgIpc) is 2.76. The van der Waals surface area contributed by atoms with E-state index in [9.17, 15) is 9.90 Å². The van der Waals surface area contributed by atoms with Gasteiger partial charge in [-0.1, -0.05) is 39.0 Å². The minimum Gasteiger partial charge on any atom is -0.481 e. The molecule has 22 heavy (non-hydrogen) atoms. The molecule has 0 radical (unpaired) electrons. The van der Waals surface area contributed by atoms with Crippen molar-refractivity contribution in [2.24, 2.45) is 0 Å². The van der Waals surface area contributed by atoms with E-state index in [2.05, 4.69) is 5.10 Å². The lowest BCUT2D eigenvalue weighted by molar-refractivity contribution is -0.136. The summed E-state index contributed by atoms with van der Waals surface area (Å²) in [5, 5.41) is 13.9. The molecule has 0 saturated heterocycles. The summed E-state index contributed by atoms with van der Waals surface area (Å²) in [5.41, 5.74) is 3.04. The first-order valence-electron chi connectivity index (χ1n) is 7.20. The van der Waals surface area contributed by atoms with Crippen molar-refractivity contribution in [2.45, 2.75) is 39.5 Å². The summed E-state index contributed by atoms with van der Waals surface area (Å²) in [5.74, 6) is -0.408. The molecule has 5 heteroatoms. The highest BCUT2D eigenvalue weighted by Gasteiger charge is 2.29. The third kappa shape index (κ3) is 2.98. The molecular weight excluding hydrogens is 280 g/mol. The molecule has 0 amide bonds. The number of benzene rings is 1. The van der Waals surface area contributed by atoms with Crippen LogP contribution >= 0.6 is 0 Å². The molecule has 0 fully saturated rings. The Morgan fingerprint density at radius 3 is 2.45 bits per heavy atom. The van der Waals surface area contributed by atoms with Gasteiger partial charge >= 0.3 is 5.97 Å². The Balaban J connectivity index is 2.73. The number of carboxylic acids is 1. The number of aliphatic carboxylic acids is 1. The first-order valence-corrected chi connectivity index (χ1v) is 7.20. The van der Waals surface area contributed by atoms with E-state index in [1.165, 1.54) is 0 Å². The van der Waals surface area contributed by atoms with Crippen LogP contribution in [0.15, 0.2) is 24.3 Å². The maximum Gasteiger partial charge on any atom is 0.308 e. The largest absolute Gasteiger partial charge is 0.481 e. The SMILES string of the molecule is COc1c(CC(=O)O)c(C(C)(C)C)nn1-c1ccccc1C. The zero-order chi connectivity index (χ0) is 16.5. The lowest BCUT2D eigenvalue weighted by Crippen LogP contribution is -2.16. The number of aryl methyl sites for hydroxylation is 1. The van der Waals surface area contributed by atoms with Crippen LogP contribution in [0.4, 0.5) is 0 Å². The molecule has 0 aliphatic heterocycles. The number of methoxy groups -OCH3 is 1. The van der Waals surface area contributed by atoms with E-state index in [0.717, 1.165) is 16.9 Å². The lowest BCUT2D eigenvalue weighted by atomic mass is 9.88. The summed E-state index contributed by atoms with van der Waals surface area (Å²) in [6, 6.07) is 7.82. The van der Waals surface area contributed by atoms with E-state index in [0.29, 0.717) is 11.4 Å². The molecule has 2 rings (SSSR count). The Bertz CT molecular complexity index is 696. The molecule has 0 aliphatic rings. The summed E-state index contributed by atoms with van der Waals surface area (Å²) >= 11 is 0. The molecule has 1 heterocycles. The highest BCUT2D eigenvalue weighted by Crippen LogP contribution is 2.34. The van der Waals surface area contributed by atoms with Gasteiger partial charge < -0.3 is 9.84 Å². The van der Waals surface area contributed by atoms with Crippen molar-refractivity contribution in [3.05, 3.63) is 41.1 Å². The van der Waals surface area contributed by atoms with Crippen LogP contribution in [0, 0.1) is 6.92 Å². The molecule has 0 saturated carbocycles. The van der Waals surface area contributed by atoms with Crippen LogP contribution < -0.4 is 4.74 Å². The van der Waals surface area contributed by atoms with E-state index in [1.807, 2.05) is 52.0 Å². The molecule has 1 aromatic heterocycles. The van der Waals surface area contributed by atoms with Gasteiger partial charge in [-0.25, -0.2) is 4.68 Å². The number of aromatic nitrogens is 2. The predicted octanol–water partition coefficient (Wildman–Crippen LogP) is 3.11. The van der Waals surface area contributed by atoms with Crippen LogP contribution in [0.2, 0.25) is 0 Å². The van der Waals surface area contributed by atoms with Crippen molar-refractivity contribution >= 4 is 5.97 Å². The van der Waals surface area contributed by atoms with Crippen molar-refractivity contribution in [1.82, 2.24) is 9.78 Å². The molecule has 1 aromatic carbocycles. The van der Waals surface area contributed by atoms with Crippen LogP contribution in [-0.2, 0) is 16.6 Å². The maximum atomic E-state index is 11.2. The number of nitrogens with zero attached hydrogens (tertiary/aromatic N) is 2. The number of ether oxygens (including phenoxy) is 1. The summed E-state index contributed by atoms with van der Waals surface area (Å²) in [6.07, 6.45) is -0.109. The van der Waals surface area contributed by atoms with Crippen LogP contribution in [0.25, 0.3) is 5.69 Å². The van der Waals surface area contributed by atoms with Crippen LogP contribution in [0.5, 0.6) is 5.88 Å². The van der Waals surface area contributed by atoms with Crippen LogP contribution in [0.3, 0.4) is 0 Å². The van der Waals surface area contributed by atoms with Gasteiger partial charge in [-0.15, -0.1) is 0 Å². The fraction of sp³-hybridized carbons (Fsp3) is 0.412. The fourth-order valence-electron chi connectivity index (χ4n) is 2.52. The summed E-state index contributed by atoms with van der Waals surface area (Å²) in [7, 11) is 1.55. The highest BCUT2D eigenvalue weighted by molar-refractivity contribution is 5.72. The Morgan fingerprint density at radius 1 is 1.32 bits per heavy atom. The predicted molar refractivity (Wildman–Crippen MR) is 84.9 cm³/mol. The van der Waals surface area contributed by atoms with E-state index in [1.54, 1.807) is 11.8 Å². The Labute approximate surface area is 130 Å². The fourth-order valence-corrected chi connectivity index (χ4v) is 2.52. The van der Waals surface area contributed by atoms with E-state index in [4.69, 9.17) is 4.74 Å². The molecule has 0 unspecified atom stereocenters. The Morgan fingerprint density at radius 2 is 1.95 bits per heavy atom. The van der Waals surface area contributed by atoms with E-state index < -0.39 is 5.97 Å². The zero-order valence-electron chi connectivity index (χ0n) is 13.7. The van der Waals surface area contributed by atoms with Gasteiger partial charge in [0.15, 0.2) is 0 Å². The number of hydrogen-bond acceptors (Lipinski definition) is 3. The van der Waals surface area contributed by atoms with Gasteiger partial charge in [-0.2, -0.15) is 5.10 Å². The Kier molecular flexibility index (Phi) is 4.26. The number of para-hydroxylation sites is 1. The number of rotatable bonds is 4. The molecule has 2 aromatic rings. The number of hydrogen-bond donors (Lipinski definition) is 1. The third-order valence-electron chi connectivity index (χ3n) is 3.51. The van der Waals surface area contributed by atoms with Crippen molar-refractivity contribution < 1.29 is 14.6 Å². The molecule has 118 valence electrons. The molecule has 0 aliphatic carbocycles. The van der Waals surface area contributed by atoms with Gasteiger partial charge in [0.2, 0.25) is 5.88 Å². The first-order chi connectivity index (χ1) is 10.3. The minimum atomic E-state index is -0.895. The van der Waals surface area contributed by atoms with Crippen molar-refractivity contribution in [2.75, 3.05) is 7.11 Å². The molecule has 0 atom stereocenters. The van der Waals surface area contributed by atoms with Gasteiger partial charge in [-0.3, -0.25) is 4.79 Å². The van der Waals surface area contributed by atoms with Gasteiger partial charge in [0.05, 0.1) is 24.9 Å². The number of carboxylic acid groups (broad SMARTS) is 1. The van der Waals surface area contributed by atoms with Crippen molar-refractivity contribution in [1.29, 1.82) is 0 Å². The smallest absolute Gasteiger partial charge is 0.308 e. The van der Waals surface area contributed by atoms with Gasteiger partial charge in [0, 0.05) is 11.0 Å². The van der Waals surface area contributed by atoms with Crippen molar-refractivity contribution in [3.8, 4) is 11.6 Å². The third-order valence-corrected chi connectivity index (χ3v) is 3.51. The average molecular weight is 302 g/mol. The van der Waals surface area contributed by atoms with E-state index in [-0.39, 0.29) is 11.8 Å². The maximum absolute atomic E-state index is 11.2. The first kappa shape index (κ1) is 16.1. The van der Waals surface area contributed by atoms with Gasteiger partial charge in [-0.05, 0) is 18.6 Å². The topological polar surface area (TPSA) is 64.3 Å². The second-order valence-electron chi connectivity index (χ2n) is 6.36. The summed E-state index contributed by atoms with van der Waals surface area (Å²) in [4.78, 5) is 11.2. The standard InChI is InChI=1S/C17H22N2O3/c1-11-8-6-7-9-13(11)19-16(22-5)12(10-14(20)21)15(18-19)17(2,3)4/h6-9H,10H2,1-5H3,(H,20,21). The van der Waals surface area contributed by atoms with Crippen LogP contribution in [0.1, 0.15) is 37.6 Å². The summed E-state index contributed by atoms with van der Waals surface area (Å²) in [6.45, 7) is 8.04. The monoisotopic (exact) mass is 302 g/mol. The summed E-state index contributed by atoms with van der Waals surface area (Å²) < 4.78 is 7.20. The quantitative estimate of drug-likeness (QED) is 0.942. The molecular formula is C17H22N2O3. The second-order valence-corrected chi connectivity index (χ2v) is 6.36. The molecule has 0 bridgehead atoms. The van der Waals surface area contributed by atoms with Crippen LogP contribution in [-0.4, -0.2) is 28.0 Å². The van der Waals surface area contributed by atoms with Gasteiger partial charge in [0.1, 0.15) is 0 Å². The van der Waals surface area contributed by atoms with Crippen molar-refractivity contribution in [3.63, 3.8) is 0 Å². The minimum absolute atomic E-state index is 0.109. The molecule has 0 spiro atoms.